The zero-order chi connectivity index (χ0) is 20.4. The molecular formula is C21H13BrClN3O2S. The van der Waals surface area contributed by atoms with Crippen molar-refractivity contribution in [1.82, 2.24) is 10.3 Å². The van der Waals surface area contributed by atoms with Crippen LogP contribution < -0.4 is 10.6 Å². The largest absolute Gasteiger partial charge is 0.436 e. The van der Waals surface area contributed by atoms with Crippen LogP contribution in [-0.2, 0) is 0 Å². The Kier molecular flexibility index (Phi) is 5.62. The molecule has 1 amide bonds. The fourth-order valence-electron chi connectivity index (χ4n) is 2.69. The van der Waals surface area contributed by atoms with E-state index in [4.69, 9.17) is 28.2 Å². The first-order valence-electron chi connectivity index (χ1n) is 8.52. The highest BCUT2D eigenvalue weighted by Gasteiger charge is 2.11. The summed E-state index contributed by atoms with van der Waals surface area (Å²) in [6.45, 7) is 0. The zero-order valence-corrected chi connectivity index (χ0v) is 17.9. The molecule has 0 saturated heterocycles. The molecule has 0 radical (unpaired) electrons. The van der Waals surface area contributed by atoms with Crippen LogP contribution >= 0.6 is 39.7 Å². The van der Waals surface area contributed by atoms with Crippen molar-refractivity contribution in [3.8, 4) is 11.5 Å². The van der Waals surface area contributed by atoms with Gasteiger partial charge in [-0.2, -0.15) is 0 Å². The minimum atomic E-state index is -0.290. The number of halogens is 2. The molecule has 0 aliphatic rings. The molecule has 0 fully saturated rings. The molecule has 4 aromatic rings. The van der Waals surface area contributed by atoms with Crippen LogP contribution in [0.25, 0.3) is 22.6 Å². The van der Waals surface area contributed by atoms with Crippen LogP contribution in [0.3, 0.4) is 0 Å². The first kappa shape index (κ1) is 19.6. The summed E-state index contributed by atoms with van der Waals surface area (Å²) in [5, 5.41) is 6.46. The molecule has 0 bridgehead atoms. The number of nitrogens with zero attached hydrogens (tertiary/aromatic N) is 1. The van der Waals surface area contributed by atoms with Crippen LogP contribution in [0.1, 0.15) is 10.4 Å². The van der Waals surface area contributed by atoms with Crippen molar-refractivity contribution < 1.29 is 9.21 Å². The van der Waals surface area contributed by atoms with Crippen LogP contribution in [-0.4, -0.2) is 16.0 Å². The first-order valence-corrected chi connectivity index (χ1v) is 10.1. The number of amides is 1. The predicted octanol–water partition coefficient (Wildman–Crippen LogP) is 6.04. The van der Waals surface area contributed by atoms with Gasteiger partial charge in [-0.25, -0.2) is 4.98 Å². The Balaban J connectivity index is 1.48. The van der Waals surface area contributed by atoms with Gasteiger partial charge in [-0.3, -0.25) is 10.1 Å². The molecule has 4 rings (SSSR count). The van der Waals surface area contributed by atoms with Gasteiger partial charge in [0.15, 0.2) is 10.7 Å². The first-order chi connectivity index (χ1) is 14.0. The lowest BCUT2D eigenvalue weighted by atomic mass is 10.2. The van der Waals surface area contributed by atoms with Gasteiger partial charge in [0.1, 0.15) is 5.52 Å². The Bertz CT molecular complexity index is 1220. The highest BCUT2D eigenvalue weighted by atomic mass is 79.9. The van der Waals surface area contributed by atoms with Crippen molar-refractivity contribution in [2.24, 2.45) is 0 Å². The number of oxazole rings is 1. The third-order valence-electron chi connectivity index (χ3n) is 4.05. The Morgan fingerprint density at radius 3 is 2.66 bits per heavy atom. The van der Waals surface area contributed by atoms with E-state index in [9.17, 15) is 4.79 Å². The van der Waals surface area contributed by atoms with E-state index < -0.39 is 0 Å². The SMILES string of the molecule is O=C(NC(=S)Nc1cccc(-c2nc3cc(Cl)ccc3o2)c1)c1ccc(Br)cc1. The summed E-state index contributed by atoms with van der Waals surface area (Å²) in [6.07, 6.45) is 0. The predicted molar refractivity (Wildman–Crippen MR) is 122 cm³/mol. The van der Waals surface area contributed by atoms with E-state index in [1.165, 1.54) is 0 Å². The molecule has 8 heteroatoms. The van der Waals surface area contributed by atoms with Gasteiger partial charge in [0.05, 0.1) is 0 Å². The van der Waals surface area contributed by atoms with E-state index in [-0.39, 0.29) is 11.0 Å². The molecule has 3 aromatic carbocycles. The van der Waals surface area contributed by atoms with Crippen LogP contribution in [0.2, 0.25) is 5.02 Å². The van der Waals surface area contributed by atoms with E-state index in [2.05, 4.69) is 31.5 Å². The number of benzene rings is 3. The number of anilines is 1. The van der Waals surface area contributed by atoms with Gasteiger partial charge in [0.2, 0.25) is 5.89 Å². The van der Waals surface area contributed by atoms with E-state index in [1.807, 2.05) is 24.3 Å². The molecule has 1 heterocycles. The summed E-state index contributed by atoms with van der Waals surface area (Å²) in [5.41, 5.74) is 3.31. The Labute approximate surface area is 185 Å². The molecule has 0 atom stereocenters. The number of aromatic nitrogens is 1. The fourth-order valence-corrected chi connectivity index (χ4v) is 3.33. The summed E-state index contributed by atoms with van der Waals surface area (Å²) in [7, 11) is 0. The Hall–Kier alpha value is -2.74. The summed E-state index contributed by atoms with van der Waals surface area (Å²) >= 11 is 14.6. The summed E-state index contributed by atoms with van der Waals surface area (Å²) in [6, 6.07) is 19.7. The van der Waals surface area contributed by atoms with E-state index in [1.54, 1.807) is 42.5 Å². The van der Waals surface area contributed by atoms with Crippen LogP contribution in [0.15, 0.2) is 75.6 Å². The smallest absolute Gasteiger partial charge is 0.257 e. The van der Waals surface area contributed by atoms with Gasteiger partial charge in [0, 0.05) is 26.3 Å². The van der Waals surface area contributed by atoms with Gasteiger partial charge in [0.25, 0.3) is 5.91 Å². The number of thiocarbonyl (C=S) groups is 1. The molecule has 0 saturated carbocycles. The fraction of sp³-hybridized carbons (Fsp3) is 0. The van der Waals surface area contributed by atoms with Gasteiger partial charge in [-0.1, -0.05) is 33.6 Å². The van der Waals surface area contributed by atoms with E-state index in [0.717, 1.165) is 10.0 Å². The van der Waals surface area contributed by atoms with Crippen molar-refractivity contribution in [3.63, 3.8) is 0 Å². The maximum Gasteiger partial charge on any atom is 0.257 e. The lowest BCUT2D eigenvalue weighted by Gasteiger charge is -2.10. The van der Waals surface area contributed by atoms with E-state index in [0.29, 0.717) is 33.3 Å². The normalized spacial score (nSPS) is 10.7. The molecule has 0 unspecified atom stereocenters. The van der Waals surface area contributed by atoms with Crippen LogP contribution in [0, 0.1) is 0 Å². The van der Waals surface area contributed by atoms with Crippen molar-refractivity contribution in [1.29, 1.82) is 0 Å². The summed E-state index contributed by atoms with van der Waals surface area (Å²) in [5.74, 6) is 0.178. The quantitative estimate of drug-likeness (QED) is 0.346. The molecular weight excluding hydrogens is 474 g/mol. The van der Waals surface area contributed by atoms with Crippen LogP contribution in [0.5, 0.6) is 0 Å². The Morgan fingerprint density at radius 1 is 1.07 bits per heavy atom. The molecule has 0 aliphatic heterocycles. The number of nitrogens with one attached hydrogen (secondary N) is 2. The second kappa shape index (κ2) is 8.32. The number of rotatable bonds is 3. The maximum atomic E-state index is 12.3. The second-order valence-electron chi connectivity index (χ2n) is 6.13. The second-order valence-corrected chi connectivity index (χ2v) is 7.89. The van der Waals surface area contributed by atoms with Crippen molar-refractivity contribution in [2.45, 2.75) is 0 Å². The zero-order valence-electron chi connectivity index (χ0n) is 14.8. The maximum absolute atomic E-state index is 12.3. The minimum absolute atomic E-state index is 0.194. The third kappa shape index (κ3) is 4.64. The van der Waals surface area contributed by atoms with Gasteiger partial charge in [-0.05, 0) is 72.9 Å². The highest BCUT2D eigenvalue weighted by Crippen LogP contribution is 2.27. The number of fused-ring (bicyclic) bond motifs is 1. The molecule has 0 spiro atoms. The Morgan fingerprint density at radius 2 is 1.86 bits per heavy atom. The third-order valence-corrected chi connectivity index (χ3v) is 5.02. The standard InChI is InChI=1S/C21H13BrClN3O2S/c22-14-6-4-12(5-7-14)19(27)26-21(29)24-16-3-1-2-13(10-16)20-25-17-11-15(23)8-9-18(17)28-20/h1-11H,(H2,24,26,27,29). The summed E-state index contributed by atoms with van der Waals surface area (Å²) < 4.78 is 6.69. The highest BCUT2D eigenvalue weighted by molar-refractivity contribution is 9.10. The van der Waals surface area contributed by atoms with Crippen molar-refractivity contribution in [2.75, 3.05) is 5.32 Å². The monoisotopic (exact) mass is 485 g/mol. The van der Waals surface area contributed by atoms with Gasteiger partial charge < -0.3 is 9.73 Å². The van der Waals surface area contributed by atoms with Gasteiger partial charge >= 0.3 is 0 Å². The molecule has 144 valence electrons. The average molecular weight is 487 g/mol. The lowest BCUT2D eigenvalue weighted by molar-refractivity contribution is 0.0977. The van der Waals surface area contributed by atoms with Gasteiger partial charge in [-0.15, -0.1) is 0 Å². The number of hydrogen-bond donors (Lipinski definition) is 2. The van der Waals surface area contributed by atoms with E-state index >= 15 is 0 Å². The van der Waals surface area contributed by atoms with Crippen molar-refractivity contribution in [3.05, 3.63) is 81.8 Å². The lowest BCUT2D eigenvalue weighted by Crippen LogP contribution is -2.34. The van der Waals surface area contributed by atoms with Crippen LogP contribution in [0.4, 0.5) is 5.69 Å². The average Bonchev–Trinajstić information content (AvgIpc) is 3.12. The molecule has 29 heavy (non-hydrogen) atoms. The number of carbonyl (C=O) groups is 1. The number of carbonyl (C=O) groups excluding carboxylic acids is 1. The summed E-state index contributed by atoms with van der Waals surface area (Å²) in [4.78, 5) is 16.8. The molecule has 1 aromatic heterocycles. The topological polar surface area (TPSA) is 67.2 Å². The molecule has 5 nitrogen and oxygen atoms in total. The minimum Gasteiger partial charge on any atom is -0.436 e. The molecule has 0 aliphatic carbocycles. The van der Waals surface area contributed by atoms with Crippen molar-refractivity contribution >= 4 is 67.6 Å². The number of hydrogen-bond acceptors (Lipinski definition) is 4. The molecule has 2 N–H and O–H groups in total.